The third kappa shape index (κ3) is 2.83. The van der Waals surface area contributed by atoms with Gasteiger partial charge in [0.2, 0.25) is 0 Å². The Hall–Kier alpha value is -1.40. The summed E-state index contributed by atoms with van der Waals surface area (Å²) in [6.45, 7) is 0. The van der Waals surface area contributed by atoms with Gasteiger partial charge in [0.05, 0.1) is 11.5 Å². The van der Waals surface area contributed by atoms with Crippen LogP contribution < -0.4 is 4.74 Å². The van der Waals surface area contributed by atoms with Gasteiger partial charge in [-0.05, 0) is 12.1 Å². The van der Waals surface area contributed by atoms with Crippen LogP contribution >= 0.6 is 0 Å². The predicted octanol–water partition coefficient (Wildman–Crippen LogP) is 0.0358. The van der Waals surface area contributed by atoms with Crippen LogP contribution in [0.15, 0.2) is 24.3 Å². The molecule has 0 aromatic heterocycles. The van der Waals surface area contributed by atoms with Crippen molar-refractivity contribution in [3.63, 3.8) is 0 Å². The highest BCUT2D eigenvalue weighted by atomic mass is 32.2. The fourth-order valence-corrected chi connectivity index (χ4v) is 3.41. The maximum atomic E-state index is 11.3. The van der Waals surface area contributed by atoms with Crippen molar-refractivity contribution in [1.29, 1.82) is 0 Å². The minimum atomic E-state index is -3.22. The lowest BCUT2D eigenvalue weighted by Gasteiger charge is -2.15. The Morgan fingerprint density at radius 1 is 1.35 bits per heavy atom. The van der Waals surface area contributed by atoms with Crippen molar-refractivity contribution in [1.82, 2.24) is 0 Å². The molecule has 1 aliphatic heterocycles. The molecule has 92 valence electrons. The molecule has 0 spiro atoms. The maximum Gasteiger partial charge on any atom is 0.156 e. The van der Waals surface area contributed by atoms with Gasteiger partial charge < -0.3 is 9.84 Å². The van der Waals surface area contributed by atoms with Gasteiger partial charge in [-0.1, -0.05) is 12.1 Å². The molecule has 5 nitrogen and oxygen atoms in total. The van der Waals surface area contributed by atoms with Crippen molar-refractivity contribution in [2.75, 3.05) is 11.5 Å². The molecule has 0 aliphatic carbocycles. The number of hydrogen-bond acceptors (Lipinski definition) is 5. The Morgan fingerprint density at radius 3 is 2.71 bits per heavy atom. The second-order valence-corrected chi connectivity index (χ2v) is 6.14. The summed E-state index contributed by atoms with van der Waals surface area (Å²) in [5.74, 6) is -0.0828. The molecule has 0 bridgehead atoms. The average molecular weight is 256 g/mol. The van der Waals surface area contributed by atoms with E-state index in [0.29, 0.717) is 17.6 Å². The summed E-state index contributed by atoms with van der Waals surface area (Å²) < 4.78 is 27.9. The van der Waals surface area contributed by atoms with Crippen LogP contribution in [0, 0.1) is 0 Å². The summed E-state index contributed by atoms with van der Waals surface area (Å²) in [5, 5.41) is 9.54. The number of benzene rings is 1. The van der Waals surface area contributed by atoms with Crippen LogP contribution in [0.1, 0.15) is 10.4 Å². The fraction of sp³-hybridized carbons (Fsp3) is 0.364. The molecule has 0 amide bonds. The molecule has 6 heteroatoms. The molecule has 0 saturated carbocycles. The third-order valence-corrected chi connectivity index (χ3v) is 4.24. The topological polar surface area (TPSA) is 80.7 Å². The van der Waals surface area contributed by atoms with E-state index in [9.17, 15) is 18.3 Å². The van der Waals surface area contributed by atoms with E-state index in [1.807, 2.05) is 0 Å². The van der Waals surface area contributed by atoms with Gasteiger partial charge in [0.15, 0.2) is 9.84 Å². The largest absolute Gasteiger partial charge is 0.487 e. The van der Waals surface area contributed by atoms with Gasteiger partial charge >= 0.3 is 0 Å². The van der Waals surface area contributed by atoms with Crippen molar-refractivity contribution in [3.8, 4) is 5.75 Å². The van der Waals surface area contributed by atoms with Gasteiger partial charge in [-0.15, -0.1) is 0 Å². The Morgan fingerprint density at radius 2 is 2.12 bits per heavy atom. The quantitative estimate of drug-likeness (QED) is 0.772. The zero-order chi connectivity index (χ0) is 12.5. The lowest BCUT2D eigenvalue weighted by Crippen LogP contribution is -2.29. The van der Waals surface area contributed by atoms with Crippen molar-refractivity contribution in [2.45, 2.75) is 12.2 Å². The molecular formula is C11H12O5S. The van der Waals surface area contributed by atoms with E-state index in [1.54, 1.807) is 18.2 Å². The lowest BCUT2D eigenvalue weighted by molar-refractivity contribution is 0.0737. The molecule has 1 aromatic rings. The number of aliphatic hydroxyl groups is 1. The molecule has 2 unspecified atom stereocenters. The average Bonchev–Trinajstić information content (AvgIpc) is 2.52. The van der Waals surface area contributed by atoms with Crippen LogP contribution in [0.3, 0.4) is 0 Å². The highest BCUT2D eigenvalue weighted by molar-refractivity contribution is 7.91. The van der Waals surface area contributed by atoms with Gasteiger partial charge in [-0.3, -0.25) is 4.79 Å². The predicted molar refractivity (Wildman–Crippen MR) is 60.9 cm³/mol. The minimum Gasteiger partial charge on any atom is -0.487 e. The van der Waals surface area contributed by atoms with Crippen LogP contribution in [0.2, 0.25) is 0 Å². The van der Waals surface area contributed by atoms with Gasteiger partial charge in [-0.25, -0.2) is 8.42 Å². The summed E-state index contributed by atoms with van der Waals surface area (Å²) >= 11 is 0. The first kappa shape index (κ1) is 12.1. The molecule has 1 saturated heterocycles. The van der Waals surface area contributed by atoms with Crippen molar-refractivity contribution < 1.29 is 23.1 Å². The highest BCUT2D eigenvalue weighted by Gasteiger charge is 2.38. The number of aldehydes is 1. The van der Waals surface area contributed by atoms with E-state index in [4.69, 9.17) is 4.74 Å². The fourth-order valence-electron chi connectivity index (χ4n) is 1.75. The molecule has 1 N–H and O–H groups in total. The lowest BCUT2D eigenvalue weighted by atomic mass is 10.2. The van der Waals surface area contributed by atoms with E-state index in [1.165, 1.54) is 6.07 Å². The number of hydrogen-bond donors (Lipinski definition) is 1. The van der Waals surface area contributed by atoms with Crippen LogP contribution in [0.25, 0.3) is 0 Å². The normalized spacial score (nSPS) is 26.6. The highest BCUT2D eigenvalue weighted by Crippen LogP contribution is 2.20. The molecular weight excluding hydrogens is 244 g/mol. The van der Waals surface area contributed by atoms with E-state index in [2.05, 4.69) is 0 Å². The van der Waals surface area contributed by atoms with Crippen LogP contribution in [0.5, 0.6) is 5.75 Å². The Labute approximate surface area is 98.9 Å². The van der Waals surface area contributed by atoms with Gasteiger partial charge in [0.1, 0.15) is 24.2 Å². The zero-order valence-electron chi connectivity index (χ0n) is 8.94. The number of rotatable bonds is 3. The first-order valence-electron chi connectivity index (χ1n) is 5.10. The van der Waals surface area contributed by atoms with Gasteiger partial charge in [0.25, 0.3) is 0 Å². The van der Waals surface area contributed by atoms with Gasteiger partial charge in [0, 0.05) is 5.56 Å². The zero-order valence-corrected chi connectivity index (χ0v) is 9.76. The molecule has 1 aromatic carbocycles. The summed E-state index contributed by atoms with van der Waals surface area (Å²) in [6, 6.07) is 6.37. The smallest absolute Gasteiger partial charge is 0.156 e. The third-order valence-electron chi connectivity index (χ3n) is 2.55. The number of ether oxygens (including phenoxy) is 1. The standard InChI is InChI=1S/C11H12O5S/c12-5-8-2-1-3-9(4-8)16-11-7-17(14,15)6-10(11)13/h1-5,10-11,13H,6-7H2. The number of carbonyl (C=O) groups is 1. The van der Waals surface area contributed by atoms with E-state index >= 15 is 0 Å². The SMILES string of the molecule is O=Cc1cccc(OC2CS(=O)(=O)CC2O)c1. The second-order valence-electron chi connectivity index (χ2n) is 3.99. The number of aliphatic hydroxyl groups excluding tert-OH is 1. The van der Waals surface area contributed by atoms with Gasteiger partial charge in [-0.2, -0.15) is 0 Å². The summed E-state index contributed by atoms with van der Waals surface area (Å²) in [5.41, 5.74) is 0.442. The van der Waals surface area contributed by atoms with E-state index in [0.717, 1.165) is 0 Å². The molecule has 2 rings (SSSR count). The second kappa shape index (κ2) is 4.46. The summed E-state index contributed by atoms with van der Waals surface area (Å²) in [7, 11) is -3.22. The van der Waals surface area contributed by atoms with Crippen LogP contribution in [-0.4, -0.2) is 43.5 Å². The van der Waals surface area contributed by atoms with E-state index in [-0.39, 0.29) is 11.5 Å². The molecule has 17 heavy (non-hydrogen) atoms. The van der Waals surface area contributed by atoms with Crippen LogP contribution in [-0.2, 0) is 9.84 Å². The minimum absolute atomic E-state index is 0.195. The Balaban J connectivity index is 2.13. The summed E-state index contributed by atoms with van der Waals surface area (Å²) in [6.07, 6.45) is -1.10. The van der Waals surface area contributed by atoms with Crippen LogP contribution in [0.4, 0.5) is 0 Å². The van der Waals surface area contributed by atoms with Crippen molar-refractivity contribution >= 4 is 16.1 Å². The van der Waals surface area contributed by atoms with Crippen molar-refractivity contribution in [2.24, 2.45) is 0 Å². The Kier molecular flexibility index (Phi) is 3.17. The van der Waals surface area contributed by atoms with E-state index < -0.39 is 22.0 Å². The first-order valence-corrected chi connectivity index (χ1v) is 6.93. The first-order chi connectivity index (χ1) is 8.00. The monoisotopic (exact) mass is 256 g/mol. The molecule has 2 atom stereocenters. The molecule has 1 fully saturated rings. The molecule has 1 heterocycles. The van der Waals surface area contributed by atoms with Crippen molar-refractivity contribution in [3.05, 3.63) is 29.8 Å². The molecule has 0 radical (unpaired) electrons. The maximum absolute atomic E-state index is 11.3. The molecule has 1 aliphatic rings. The number of sulfone groups is 1. The number of carbonyl (C=O) groups excluding carboxylic acids is 1. The summed E-state index contributed by atoms with van der Waals surface area (Å²) in [4.78, 5) is 10.6. The Bertz CT molecular complexity index is 522.